The zero-order valence-electron chi connectivity index (χ0n) is 21.2. The van der Waals surface area contributed by atoms with E-state index in [0.29, 0.717) is 28.0 Å². The first-order valence-corrected chi connectivity index (χ1v) is 12.9. The first kappa shape index (κ1) is 28.4. The lowest BCUT2D eigenvalue weighted by molar-refractivity contribution is -0.143. The van der Waals surface area contributed by atoms with Crippen molar-refractivity contribution in [3.8, 4) is 11.5 Å². The van der Waals surface area contributed by atoms with Gasteiger partial charge in [0.2, 0.25) is 5.91 Å². The number of halogens is 2. The molecule has 1 N–H and O–H groups in total. The lowest BCUT2D eigenvalue weighted by Crippen LogP contribution is -2.53. The molecule has 0 radical (unpaired) electrons. The monoisotopic (exact) mass is 542 g/mol. The van der Waals surface area contributed by atoms with Crippen LogP contribution in [0.4, 0.5) is 0 Å². The van der Waals surface area contributed by atoms with Crippen molar-refractivity contribution in [3.63, 3.8) is 0 Å². The van der Waals surface area contributed by atoms with Gasteiger partial charge in [-0.2, -0.15) is 0 Å². The van der Waals surface area contributed by atoms with Gasteiger partial charge in [0.1, 0.15) is 17.5 Å². The molecule has 0 aliphatic rings. The van der Waals surface area contributed by atoms with Crippen molar-refractivity contribution in [3.05, 3.63) is 94.0 Å². The highest BCUT2D eigenvalue weighted by atomic mass is 35.5. The Balaban J connectivity index is 1.94. The molecule has 0 unspecified atom stereocenters. The van der Waals surface area contributed by atoms with Crippen LogP contribution in [0.15, 0.2) is 72.8 Å². The number of hydrogen-bond donors (Lipinski definition) is 1. The average molecular weight is 543 g/mol. The van der Waals surface area contributed by atoms with E-state index in [-0.39, 0.29) is 31.0 Å². The number of ether oxygens (including phenoxy) is 2. The quantitative estimate of drug-likeness (QED) is 0.307. The van der Waals surface area contributed by atoms with E-state index < -0.39 is 6.04 Å². The van der Waals surface area contributed by atoms with E-state index in [2.05, 4.69) is 5.32 Å². The van der Waals surface area contributed by atoms with Crippen LogP contribution in [0.2, 0.25) is 10.0 Å². The lowest BCUT2D eigenvalue weighted by Gasteiger charge is -2.32. The Kier molecular flexibility index (Phi) is 10.7. The lowest BCUT2D eigenvalue weighted by atomic mass is 10.0. The van der Waals surface area contributed by atoms with Crippen molar-refractivity contribution in [2.75, 3.05) is 13.7 Å². The molecule has 37 heavy (non-hydrogen) atoms. The van der Waals surface area contributed by atoms with Crippen LogP contribution >= 0.6 is 23.2 Å². The summed E-state index contributed by atoms with van der Waals surface area (Å²) in [5.74, 6) is 0.426. The van der Waals surface area contributed by atoms with Gasteiger partial charge < -0.3 is 19.7 Å². The molecule has 3 rings (SSSR count). The molecule has 2 atom stereocenters. The van der Waals surface area contributed by atoms with Crippen LogP contribution in [0.25, 0.3) is 0 Å². The smallest absolute Gasteiger partial charge is 0.261 e. The molecule has 0 aliphatic heterocycles. The van der Waals surface area contributed by atoms with Crippen LogP contribution in [0.1, 0.15) is 31.4 Å². The maximum Gasteiger partial charge on any atom is 0.261 e. The van der Waals surface area contributed by atoms with Gasteiger partial charge in [-0.25, -0.2) is 0 Å². The predicted octanol–water partition coefficient (Wildman–Crippen LogP) is 5.94. The summed E-state index contributed by atoms with van der Waals surface area (Å²) in [6.07, 6.45) is 1.12. The van der Waals surface area contributed by atoms with Gasteiger partial charge in [-0.3, -0.25) is 9.59 Å². The van der Waals surface area contributed by atoms with Gasteiger partial charge in [0.25, 0.3) is 5.91 Å². The van der Waals surface area contributed by atoms with Crippen molar-refractivity contribution in [1.29, 1.82) is 0 Å². The third kappa shape index (κ3) is 8.41. The van der Waals surface area contributed by atoms with Gasteiger partial charge in [-0.05, 0) is 54.8 Å². The summed E-state index contributed by atoms with van der Waals surface area (Å²) in [5, 5.41) is 3.82. The van der Waals surface area contributed by atoms with Gasteiger partial charge in [0.15, 0.2) is 6.61 Å². The van der Waals surface area contributed by atoms with E-state index >= 15 is 0 Å². The molecule has 0 bridgehead atoms. The Morgan fingerprint density at radius 2 is 1.70 bits per heavy atom. The highest BCUT2D eigenvalue weighted by molar-refractivity contribution is 6.35. The van der Waals surface area contributed by atoms with E-state index in [4.69, 9.17) is 32.7 Å². The standard InChI is InChI=1S/C29H32Cl2N2O4/c1-4-20(2)32-29(35)26(16-21-9-6-5-7-10-21)33(18-22-11-8-12-24(15-22)36-3)28(34)19-37-27-14-13-23(30)17-25(27)31/h5-15,17,20,26H,4,16,18-19H2,1-3H3,(H,32,35)/t20-,26-/m1/s1. The second kappa shape index (κ2) is 13.9. The SMILES string of the molecule is CC[C@@H](C)NC(=O)[C@@H](Cc1ccccc1)N(Cc1cccc(OC)c1)C(=O)COc1ccc(Cl)cc1Cl. The molecule has 8 heteroatoms. The van der Waals surface area contributed by atoms with E-state index in [1.165, 1.54) is 0 Å². The Morgan fingerprint density at radius 1 is 0.973 bits per heavy atom. The van der Waals surface area contributed by atoms with E-state index in [0.717, 1.165) is 17.5 Å². The number of methoxy groups -OCH3 is 1. The van der Waals surface area contributed by atoms with Gasteiger partial charge in [-0.15, -0.1) is 0 Å². The largest absolute Gasteiger partial charge is 0.497 e. The fourth-order valence-electron chi connectivity index (χ4n) is 3.78. The fraction of sp³-hybridized carbons (Fsp3) is 0.310. The van der Waals surface area contributed by atoms with Crippen LogP contribution < -0.4 is 14.8 Å². The van der Waals surface area contributed by atoms with Crippen LogP contribution in [0, 0.1) is 0 Å². The zero-order chi connectivity index (χ0) is 26.8. The number of rotatable bonds is 12. The van der Waals surface area contributed by atoms with Crippen LogP contribution in [0.3, 0.4) is 0 Å². The minimum absolute atomic E-state index is 0.0383. The van der Waals surface area contributed by atoms with Crippen molar-refractivity contribution < 1.29 is 19.1 Å². The Hall–Kier alpha value is -3.22. The van der Waals surface area contributed by atoms with Crippen LogP contribution in [-0.2, 0) is 22.6 Å². The second-order valence-electron chi connectivity index (χ2n) is 8.76. The number of nitrogens with zero attached hydrogens (tertiary/aromatic N) is 1. The average Bonchev–Trinajstić information content (AvgIpc) is 2.90. The summed E-state index contributed by atoms with van der Waals surface area (Å²) in [4.78, 5) is 28.8. The van der Waals surface area contributed by atoms with E-state index in [1.54, 1.807) is 30.2 Å². The minimum Gasteiger partial charge on any atom is -0.497 e. The fourth-order valence-corrected chi connectivity index (χ4v) is 4.24. The zero-order valence-corrected chi connectivity index (χ0v) is 22.8. The Bertz CT molecular complexity index is 1190. The summed E-state index contributed by atoms with van der Waals surface area (Å²) >= 11 is 12.2. The molecule has 3 aromatic carbocycles. The Morgan fingerprint density at radius 3 is 2.38 bits per heavy atom. The van der Waals surface area contributed by atoms with Crippen LogP contribution in [-0.4, -0.2) is 42.5 Å². The molecule has 0 saturated heterocycles. The summed E-state index contributed by atoms with van der Waals surface area (Å²) in [6, 6.07) is 21.1. The molecule has 0 aromatic heterocycles. The highest BCUT2D eigenvalue weighted by Gasteiger charge is 2.31. The summed E-state index contributed by atoms with van der Waals surface area (Å²) in [5.41, 5.74) is 1.77. The number of benzene rings is 3. The molecule has 0 heterocycles. The minimum atomic E-state index is -0.764. The maximum absolute atomic E-state index is 13.7. The number of nitrogens with one attached hydrogen (secondary N) is 1. The van der Waals surface area contributed by atoms with E-state index in [1.807, 2.05) is 68.4 Å². The van der Waals surface area contributed by atoms with Gasteiger partial charge in [0.05, 0.1) is 12.1 Å². The van der Waals surface area contributed by atoms with Gasteiger partial charge in [-0.1, -0.05) is 72.6 Å². The molecule has 2 amide bonds. The summed E-state index contributed by atoms with van der Waals surface area (Å²) in [7, 11) is 1.59. The molecular weight excluding hydrogens is 511 g/mol. The molecule has 0 saturated carbocycles. The number of amides is 2. The second-order valence-corrected chi connectivity index (χ2v) is 9.60. The topological polar surface area (TPSA) is 67.9 Å². The van der Waals surface area contributed by atoms with Crippen molar-refractivity contribution in [1.82, 2.24) is 10.2 Å². The molecule has 196 valence electrons. The number of carbonyl (C=O) groups is 2. The third-order valence-corrected chi connectivity index (χ3v) is 6.53. The maximum atomic E-state index is 13.7. The number of carbonyl (C=O) groups excluding carboxylic acids is 2. The van der Waals surface area contributed by atoms with Crippen molar-refractivity contribution >= 4 is 35.0 Å². The molecule has 6 nitrogen and oxygen atoms in total. The van der Waals surface area contributed by atoms with Crippen molar-refractivity contribution in [2.45, 2.75) is 45.3 Å². The van der Waals surface area contributed by atoms with Crippen LogP contribution in [0.5, 0.6) is 11.5 Å². The van der Waals surface area contributed by atoms with E-state index in [9.17, 15) is 9.59 Å². The van der Waals surface area contributed by atoms with Crippen molar-refractivity contribution in [2.24, 2.45) is 0 Å². The summed E-state index contributed by atoms with van der Waals surface area (Å²) in [6.45, 7) is 3.84. The molecule has 0 fully saturated rings. The Labute approximate surface area is 228 Å². The summed E-state index contributed by atoms with van der Waals surface area (Å²) < 4.78 is 11.1. The normalized spacial score (nSPS) is 12.4. The first-order valence-electron chi connectivity index (χ1n) is 12.1. The molecular formula is C29H32Cl2N2O4. The molecule has 3 aromatic rings. The predicted molar refractivity (Wildman–Crippen MR) is 147 cm³/mol. The first-order chi connectivity index (χ1) is 17.8. The molecule has 0 aliphatic carbocycles. The number of hydrogen-bond acceptors (Lipinski definition) is 4. The highest BCUT2D eigenvalue weighted by Crippen LogP contribution is 2.28. The van der Waals surface area contributed by atoms with Gasteiger partial charge >= 0.3 is 0 Å². The molecule has 0 spiro atoms. The third-order valence-electron chi connectivity index (χ3n) is 6.00. The van der Waals surface area contributed by atoms with Gasteiger partial charge in [0, 0.05) is 24.0 Å².